The van der Waals surface area contributed by atoms with E-state index < -0.39 is 6.36 Å². The molecule has 1 aliphatic rings. The van der Waals surface area contributed by atoms with Gasteiger partial charge in [0.1, 0.15) is 5.75 Å². The van der Waals surface area contributed by atoms with E-state index in [2.05, 4.69) is 24.0 Å². The molecule has 1 aliphatic heterocycles. The number of aliphatic hydroxyl groups excluding tert-OH is 1. The van der Waals surface area contributed by atoms with Gasteiger partial charge in [0.25, 0.3) is 0 Å². The van der Waals surface area contributed by atoms with Crippen LogP contribution in [0.3, 0.4) is 0 Å². The van der Waals surface area contributed by atoms with E-state index in [4.69, 9.17) is 6.57 Å². The van der Waals surface area contributed by atoms with Crippen molar-refractivity contribution in [2.75, 3.05) is 19.7 Å². The first-order valence-electron chi connectivity index (χ1n) is 11.4. The number of aromatic nitrogens is 2. The Balaban J connectivity index is 1.36. The van der Waals surface area contributed by atoms with Crippen molar-refractivity contribution in [1.82, 2.24) is 14.5 Å². The third-order valence-electron chi connectivity index (χ3n) is 6.57. The van der Waals surface area contributed by atoms with Gasteiger partial charge in [-0.2, -0.15) is 0 Å². The van der Waals surface area contributed by atoms with Crippen LogP contribution < -0.4 is 4.74 Å². The highest BCUT2D eigenvalue weighted by molar-refractivity contribution is 5.45. The third-order valence-corrected chi connectivity index (χ3v) is 6.57. The van der Waals surface area contributed by atoms with Crippen LogP contribution in [0.5, 0.6) is 5.75 Å². The summed E-state index contributed by atoms with van der Waals surface area (Å²) in [7, 11) is 0. The van der Waals surface area contributed by atoms with Crippen molar-refractivity contribution in [3.05, 3.63) is 89.3 Å². The van der Waals surface area contributed by atoms with E-state index in [1.807, 2.05) is 30.5 Å². The molecule has 0 spiro atoms. The van der Waals surface area contributed by atoms with Gasteiger partial charge in [-0.25, -0.2) is 9.83 Å². The molecule has 1 fully saturated rings. The number of ether oxygens (including phenoxy) is 1. The Bertz CT molecular complexity index is 1160. The van der Waals surface area contributed by atoms with Crippen molar-refractivity contribution in [1.29, 1.82) is 0 Å². The van der Waals surface area contributed by atoms with Gasteiger partial charge < -0.3 is 14.4 Å². The first-order chi connectivity index (χ1) is 16.8. The van der Waals surface area contributed by atoms with Gasteiger partial charge in [-0.05, 0) is 61.0 Å². The normalized spacial score (nSPS) is 16.1. The van der Waals surface area contributed by atoms with E-state index in [-0.39, 0.29) is 17.8 Å². The van der Waals surface area contributed by atoms with Crippen LogP contribution in [0.2, 0.25) is 0 Å². The van der Waals surface area contributed by atoms with Gasteiger partial charge in [0.15, 0.2) is 5.69 Å². The molecule has 9 heteroatoms. The zero-order valence-corrected chi connectivity index (χ0v) is 19.2. The summed E-state index contributed by atoms with van der Waals surface area (Å²) >= 11 is 0. The van der Waals surface area contributed by atoms with Gasteiger partial charge >= 0.3 is 6.36 Å². The number of rotatable bonds is 8. The Hall–Kier alpha value is -3.35. The highest BCUT2D eigenvalue weighted by Gasteiger charge is 2.35. The Morgan fingerprint density at radius 1 is 1.06 bits per heavy atom. The molecule has 4 rings (SSSR count). The fourth-order valence-corrected chi connectivity index (χ4v) is 4.59. The lowest BCUT2D eigenvalue weighted by molar-refractivity contribution is -0.274. The molecule has 2 heterocycles. The monoisotopic (exact) mass is 484 g/mol. The number of halogens is 3. The van der Waals surface area contributed by atoms with Crippen LogP contribution in [0.4, 0.5) is 18.9 Å². The summed E-state index contributed by atoms with van der Waals surface area (Å²) in [5.74, 6) is -0.238. The second-order valence-corrected chi connectivity index (χ2v) is 9.10. The summed E-state index contributed by atoms with van der Waals surface area (Å²) in [6.45, 7) is 9.97. The third kappa shape index (κ3) is 6.62. The minimum atomic E-state index is -4.73. The summed E-state index contributed by atoms with van der Waals surface area (Å²) in [6.07, 6.45) is 0.890. The molecule has 1 N–H and O–H groups in total. The Labute approximate surface area is 202 Å². The van der Waals surface area contributed by atoms with Crippen LogP contribution in [0.25, 0.3) is 4.85 Å². The lowest BCUT2D eigenvalue weighted by Gasteiger charge is -2.41. The van der Waals surface area contributed by atoms with Crippen LogP contribution in [-0.4, -0.2) is 45.6 Å². The molecule has 6 nitrogen and oxygen atoms in total. The number of piperidine rings is 1. The van der Waals surface area contributed by atoms with Crippen molar-refractivity contribution in [3.63, 3.8) is 0 Å². The minimum absolute atomic E-state index is 0.0241. The molecule has 184 valence electrons. The summed E-state index contributed by atoms with van der Waals surface area (Å²) < 4.78 is 43.8. The molecule has 1 aromatic heterocycles. The number of aliphatic hydroxyl groups is 1. The van der Waals surface area contributed by atoms with E-state index in [1.165, 1.54) is 12.1 Å². The molecule has 0 amide bonds. The molecule has 2 aromatic carbocycles. The molecular formula is C26H27F3N4O2. The predicted octanol–water partition coefficient (Wildman–Crippen LogP) is 5.20. The topological polar surface area (TPSA) is 54.9 Å². The molecule has 0 unspecified atom stereocenters. The van der Waals surface area contributed by atoms with E-state index in [0.717, 1.165) is 49.3 Å². The molecule has 0 saturated carbocycles. The lowest BCUT2D eigenvalue weighted by Crippen LogP contribution is -2.43. The first-order valence-corrected chi connectivity index (χ1v) is 11.4. The number of imidazole rings is 1. The molecule has 1 saturated heterocycles. The molecule has 0 radical (unpaired) electrons. The average Bonchev–Trinajstić information content (AvgIpc) is 3.26. The highest BCUT2D eigenvalue weighted by Crippen LogP contribution is 2.36. The second kappa shape index (κ2) is 10.5. The molecule has 3 aromatic rings. The maximum Gasteiger partial charge on any atom is 0.573 e. The van der Waals surface area contributed by atoms with Crippen LogP contribution in [0.15, 0.2) is 61.1 Å². The van der Waals surface area contributed by atoms with Gasteiger partial charge in [-0.1, -0.05) is 36.4 Å². The van der Waals surface area contributed by atoms with Crippen molar-refractivity contribution >= 4 is 5.69 Å². The Kier molecular flexibility index (Phi) is 7.43. The fourth-order valence-electron chi connectivity index (χ4n) is 4.59. The Morgan fingerprint density at radius 3 is 2.46 bits per heavy atom. The van der Waals surface area contributed by atoms with Crippen molar-refractivity contribution < 1.29 is 23.0 Å². The van der Waals surface area contributed by atoms with E-state index in [0.29, 0.717) is 18.7 Å². The van der Waals surface area contributed by atoms with Crippen LogP contribution in [0, 0.1) is 12.0 Å². The van der Waals surface area contributed by atoms with E-state index in [1.54, 1.807) is 18.5 Å². The number of nitrogens with zero attached hydrogens (tertiary/aromatic N) is 4. The number of benzene rings is 2. The van der Waals surface area contributed by atoms with Crippen LogP contribution >= 0.6 is 0 Å². The largest absolute Gasteiger partial charge is 0.573 e. The maximum atomic E-state index is 12.6. The average molecular weight is 485 g/mol. The second-order valence-electron chi connectivity index (χ2n) is 9.10. The lowest BCUT2D eigenvalue weighted by atomic mass is 9.74. The van der Waals surface area contributed by atoms with Gasteiger partial charge in [0, 0.05) is 25.9 Å². The number of alkyl halides is 3. The number of hydrogen-bond acceptors (Lipinski definition) is 4. The van der Waals surface area contributed by atoms with E-state index in [9.17, 15) is 18.3 Å². The quantitative estimate of drug-likeness (QED) is 0.447. The zero-order valence-electron chi connectivity index (χ0n) is 19.2. The molecule has 35 heavy (non-hydrogen) atoms. The van der Waals surface area contributed by atoms with Gasteiger partial charge in [-0.3, -0.25) is 4.90 Å². The van der Waals surface area contributed by atoms with Crippen molar-refractivity contribution in [2.45, 2.75) is 38.7 Å². The molecule has 0 bridgehead atoms. The number of hydrogen-bond donors (Lipinski definition) is 1. The zero-order chi connectivity index (χ0) is 24.9. The summed E-state index contributed by atoms with van der Waals surface area (Å²) in [6, 6.07) is 13.5. The summed E-state index contributed by atoms with van der Waals surface area (Å²) in [4.78, 5) is 10.0. The summed E-state index contributed by atoms with van der Waals surface area (Å²) in [5, 5.41) is 10.2. The minimum Gasteiger partial charge on any atom is -0.406 e. The summed E-state index contributed by atoms with van der Waals surface area (Å²) in [5.41, 5.74) is 3.12. The predicted molar refractivity (Wildman–Crippen MR) is 125 cm³/mol. The standard InChI is InChI=1S/C26H27F3N4O2/c1-30-22-7-5-20(6-8-22)16-33-19-31-15-23(33)17-32-11-9-25(18-34,10-12-32)14-21-3-2-4-24(13-21)35-26(27,28)29/h2-8,13,15,19,34H,9-12,14,16-18H2. The molecular weight excluding hydrogens is 457 g/mol. The van der Waals surface area contributed by atoms with E-state index >= 15 is 0 Å². The van der Waals surface area contributed by atoms with Crippen LogP contribution in [0.1, 0.15) is 29.7 Å². The first kappa shape index (κ1) is 24.8. The Morgan fingerprint density at radius 2 is 1.80 bits per heavy atom. The van der Waals surface area contributed by atoms with Crippen molar-refractivity contribution in [2.24, 2.45) is 5.41 Å². The SMILES string of the molecule is [C-]#[N+]c1ccc(Cn2cncc2CN2CCC(CO)(Cc3cccc(OC(F)(F)F)c3)CC2)cc1. The smallest absolute Gasteiger partial charge is 0.406 e. The van der Waals surface area contributed by atoms with Gasteiger partial charge in [0.05, 0.1) is 18.6 Å². The van der Waals surface area contributed by atoms with Crippen LogP contribution in [-0.2, 0) is 19.5 Å². The number of likely N-dealkylation sites (tertiary alicyclic amines) is 1. The van der Waals surface area contributed by atoms with Gasteiger partial charge in [-0.15, -0.1) is 13.2 Å². The maximum absolute atomic E-state index is 12.6. The van der Waals surface area contributed by atoms with Crippen molar-refractivity contribution in [3.8, 4) is 5.75 Å². The highest BCUT2D eigenvalue weighted by atomic mass is 19.4. The van der Waals surface area contributed by atoms with Gasteiger partial charge in [0.2, 0.25) is 0 Å². The fraction of sp³-hybridized carbons (Fsp3) is 0.385. The molecule has 0 aliphatic carbocycles. The molecule has 0 atom stereocenters.